The first kappa shape index (κ1) is 26.3. The van der Waals surface area contributed by atoms with Gasteiger partial charge in [-0.2, -0.15) is 0 Å². The third kappa shape index (κ3) is 3.95. The van der Waals surface area contributed by atoms with E-state index in [0.29, 0.717) is 9.79 Å². The summed E-state index contributed by atoms with van der Waals surface area (Å²) in [6.07, 6.45) is 0. The molecule has 0 aromatic heterocycles. The van der Waals surface area contributed by atoms with Crippen molar-refractivity contribution in [2.45, 2.75) is 64.0 Å². The molecule has 0 bridgehead atoms. The molecule has 7 rings (SSSR count). The molecule has 0 saturated carbocycles. The van der Waals surface area contributed by atoms with Gasteiger partial charge in [0.2, 0.25) is 9.84 Å². The van der Waals surface area contributed by atoms with Crippen LogP contribution in [0.5, 0.6) is 0 Å². The number of fused-ring (bicyclic) bond motifs is 4. The fourth-order valence-corrected chi connectivity index (χ4v) is 9.53. The topological polar surface area (TPSA) is 34.1 Å². The van der Waals surface area contributed by atoms with E-state index in [2.05, 4.69) is 94.4 Å². The van der Waals surface area contributed by atoms with Crippen LogP contribution in [-0.4, -0.2) is 8.42 Å². The van der Waals surface area contributed by atoms with E-state index in [9.17, 15) is 8.42 Å². The molecule has 0 spiro atoms. The maximum Gasteiger partial charge on any atom is 0.206 e. The van der Waals surface area contributed by atoms with Crippen molar-refractivity contribution in [2.75, 3.05) is 0 Å². The van der Waals surface area contributed by atoms with Gasteiger partial charge in [0.25, 0.3) is 0 Å². The number of hydrogen-bond donors (Lipinski definition) is 0. The van der Waals surface area contributed by atoms with E-state index in [1.165, 1.54) is 38.3 Å². The van der Waals surface area contributed by atoms with Crippen molar-refractivity contribution in [3.8, 4) is 0 Å². The Bertz CT molecular complexity index is 1890. The minimum atomic E-state index is -3.61. The summed E-state index contributed by atoms with van der Waals surface area (Å²) in [6, 6.07) is 39.0. The van der Waals surface area contributed by atoms with Gasteiger partial charge < -0.3 is 0 Å². The zero-order valence-corrected chi connectivity index (χ0v) is 25.3. The molecule has 2 nitrogen and oxygen atoms in total. The van der Waals surface area contributed by atoms with Gasteiger partial charge in [-0.3, -0.25) is 0 Å². The monoisotopic (exact) mass is 572 g/mol. The molecule has 0 N–H and O–H groups in total. The average molecular weight is 573 g/mol. The molecule has 0 amide bonds. The molecule has 41 heavy (non-hydrogen) atoms. The van der Waals surface area contributed by atoms with Gasteiger partial charge in [0.05, 0.1) is 9.79 Å². The van der Waals surface area contributed by atoms with E-state index in [0.717, 1.165) is 10.5 Å². The van der Waals surface area contributed by atoms with Gasteiger partial charge in [0.1, 0.15) is 0 Å². The smallest absolute Gasteiger partial charge is 0.206 e. The van der Waals surface area contributed by atoms with Crippen LogP contribution < -0.4 is 0 Å². The first-order chi connectivity index (χ1) is 19.6. The van der Waals surface area contributed by atoms with Crippen molar-refractivity contribution in [2.24, 2.45) is 0 Å². The van der Waals surface area contributed by atoms with Crippen LogP contribution in [-0.2, 0) is 20.7 Å². The van der Waals surface area contributed by atoms with Crippen LogP contribution in [0.1, 0.15) is 72.6 Å². The van der Waals surface area contributed by atoms with Crippen LogP contribution in [0.3, 0.4) is 0 Å². The van der Waals surface area contributed by atoms with Crippen molar-refractivity contribution in [3.63, 3.8) is 0 Å². The highest BCUT2D eigenvalue weighted by Crippen LogP contribution is 2.53. The summed E-state index contributed by atoms with van der Waals surface area (Å²) in [4.78, 5) is 2.99. The summed E-state index contributed by atoms with van der Waals surface area (Å²) in [5, 5.41) is 0. The van der Waals surface area contributed by atoms with Crippen molar-refractivity contribution in [1.82, 2.24) is 0 Å². The third-order valence-corrected chi connectivity index (χ3v) is 12.0. The fraction of sp³-hybridized carbons (Fsp3) is 0.189. The van der Waals surface area contributed by atoms with Gasteiger partial charge >= 0.3 is 0 Å². The molecule has 204 valence electrons. The molecule has 0 saturated heterocycles. The maximum absolute atomic E-state index is 13.5. The molecule has 1 aliphatic heterocycles. The van der Waals surface area contributed by atoms with E-state index < -0.39 is 9.84 Å². The molecule has 5 aromatic rings. The van der Waals surface area contributed by atoms with E-state index in [-0.39, 0.29) is 16.7 Å². The second-order valence-corrected chi connectivity index (χ2v) is 15.2. The maximum atomic E-state index is 13.5. The Morgan fingerprint density at radius 2 is 1.05 bits per heavy atom. The Morgan fingerprint density at radius 3 is 1.68 bits per heavy atom. The minimum Gasteiger partial charge on any atom is -0.219 e. The zero-order valence-electron chi connectivity index (χ0n) is 23.7. The highest BCUT2D eigenvalue weighted by Gasteiger charge is 2.39. The number of benzene rings is 5. The van der Waals surface area contributed by atoms with Crippen molar-refractivity contribution in [1.29, 1.82) is 0 Å². The standard InChI is InChI=1S/C37H32O2S2/c1-36(2)29-16-10-8-14-27(29)35(28-15-9-11-17-30(28)36)24-18-20-33-31(22-24)37(3,4)32-23-26(19-21-34(32)40-33)41(38,39)25-12-6-5-7-13-25/h5-23,35H,1-4H3. The molecule has 5 aromatic carbocycles. The fourth-order valence-electron chi connectivity index (χ4n) is 6.87. The molecule has 2 aliphatic rings. The SMILES string of the molecule is CC1(C)c2cc(C3c4ccccc4C(C)(C)c4ccccc43)ccc2Sc2ccc(S(=O)(=O)c3ccccc3)cc21. The van der Waals surface area contributed by atoms with E-state index in [4.69, 9.17) is 0 Å². The second-order valence-electron chi connectivity index (χ2n) is 12.2. The van der Waals surface area contributed by atoms with Crippen LogP contribution in [0.25, 0.3) is 0 Å². The lowest BCUT2D eigenvalue weighted by molar-refractivity contribution is 0.587. The Hall–Kier alpha value is -3.60. The molecular formula is C37H32O2S2. The summed E-state index contributed by atoms with van der Waals surface area (Å²) < 4.78 is 27.0. The van der Waals surface area contributed by atoms with Crippen LogP contribution in [0.4, 0.5) is 0 Å². The Labute approximate surface area is 247 Å². The van der Waals surface area contributed by atoms with Gasteiger partial charge in [-0.25, -0.2) is 8.42 Å². The van der Waals surface area contributed by atoms with Gasteiger partial charge in [-0.1, -0.05) is 118 Å². The highest BCUT2D eigenvalue weighted by molar-refractivity contribution is 7.99. The van der Waals surface area contributed by atoms with E-state index >= 15 is 0 Å². The molecular weight excluding hydrogens is 541 g/mol. The predicted octanol–water partition coefficient (Wildman–Crippen LogP) is 9.13. The first-order valence-electron chi connectivity index (χ1n) is 14.1. The van der Waals surface area contributed by atoms with Crippen LogP contribution in [0, 0.1) is 0 Å². The summed E-state index contributed by atoms with van der Waals surface area (Å²) >= 11 is 1.73. The Balaban J connectivity index is 1.37. The lowest BCUT2D eigenvalue weighted by atomic mass is 9.63. The van der Waals surface area contributed by atoms with Crippen molar-refractivity contribution < 1.29 is 8.42 Å². The highest BCUT2D eigenvalue weighted by atomic mass is 32.2. The van der Waals surface area contributed by atoms with E-state index in [1.807, 2.05) is 18.2 Å². The average Bonchev–Trinajstić information content (AvgIpc) is 2.98. The van der Waals surface area contributed by atoms with Crippen LogP contribution in [0.2, 0.25) is 0 Å². The predicted molar refractivity (Wildman–Crippen MR) is 167 cm³/mol. The van der Waals surface area contributed by atoms with Gasteiger partial charge in [0, 0.05) is 26.5 Å². The Morgan fingerprint density at radius 1 is 0.537 bits per heavy atom. The minimum absolute atomic E-state index is 0.0768. The zero-order chi connectivity index (χ0) is 28.6. The number of rotatable bonds is 3. The lowest BCUT2D eigenvalue weighted by Gasteiger charge is -2.40. The normalized spacial score (nSPS) is 16.7. The lowest BCUT2D eigenvalue weighted by Crippen LogP contribution is -2.30. The molecule has 0 fully saturated rings. The molecule has 4 heteroatoms. The molecule has 0 radical (unpaired) electrons. The molecule has 0 unspecified atom stereocenters. The number of sulfone groups is 1. The molecule has 0 atom stereocenters. The Kier molecular flexibility index (Phi) is 5.91. The van der Waals surface area contributed by atoms with Gasteiger partial charge in [-0.05, 0) is 75.3 Å². The molecule has 1 heterocycles. The van der Waals surface area contributed by atoms with E-state index in [1.54, 1.807) is 42.1 Å². The van der Waals surface area contributed by atoms with Gasteiger partial charge in [0.15, 0.2) is 0 Å². The first-order valence-corrected chi connectivity index (χ1v) is 16.4. The second kappa shape index (κ2) is 9.20. The van der Waals surface area contributed by atoms with Crippen molar-refractivity contribution >= 4 is 21.6 Å². The van der Waals surface area contributed by atoms with Crippen LogP contribution >= 0.6 is 11.8 Å². The summed E-state index contributed by atoms with van der Waals surface area (Å²) in [5.74, 6) is 0.132. The molecule has 1 aliphatic carbocycles. The summed E-state index contributed by atoms with van der Waals surface area (Å²) in [5.41, 5.74) is 8.56. The quantitative estimate of drug-likeness (QED) is 0.216. The van der Waals surface area contributed by atoms with Gasteiger partial charge in [-0.15, -0.1) is 0 Å². The number of hydrogen-bond acceptors (Lipinski definition) is 3. The van der Waals surface area contributed by atoms with Crippen LogP contribution in [0.15, 0.2) is 135 Å². The summed E-state index contributed by atoms with van der Waals surface area (Å²) in [6.45, 7) is 9.09. The van der Waals surface area contributed by atoms with Crippen molar-refractivity contribution in [3.05, 3.63) is 154 Å². The third-order valence-electron chi connectivity index (χ3n) is 9.11. The summed E-state index contributed by atoms with van der Waals surface area (Å²) in [7, 11) is -3.61. The largest absolute Gasteiger partial charge is 0.219 e.